The molecule has 0 saturated carbocycles. The Labute approximate surface area is 117 Å². The molecule has 1 heterocycles. The predicted octanol–water partition coefficient (Wildman–Crippen LogP) is 3.16. The van der Waals surface area contributed by atoms with Gasteiger partial charge in [-0.25, -0.2) is 0 Å². The first-order chi connectivity index (χ1) is 9.11. The van der Waals surface area contributed by atoms with Crippen molar-refractivity contribution in [2.75, 3.05) is 12.8 Å². The summed E-state index contributed by atoms with van der Waals surface area (Å²) in [6.07, 6.45) is 0.889. The number of nitrogens with zero attached hydrogens (tertiary/aromatic N) is 1. The number of carbonyl (C=O) groups is 1. The van der Waals surface area contributed by atoms with E-state index in [0.29, 0.717) is 6.54 Å². The highest BCUT2D eigenvalue weighted by Gasteiger charge is 2.16. The lowest BCUT2D eigenvalue weighted by atomic mass is 10.1. The van der Waals surface area contributed by atoms with Gasteiger partial charge < -0.3 is 10.6 Å². The van der Waals surface area contributed by atoms with Crippen molar-refractivity contribution in [1.82, 2.24) is 4.90 Å². The van der Waals surface area contributed by atoms with Gasteiger partial charge in [-0.05, 0) is 41.1 Å². The standard InChI is InChI=1S/C15H18N2OS/c1-3-12-8-9-19-14(12)15(18)17(2)10-11-4-6-13(16)7-5-11/h4-9H,3,10,16H2,1-2H3. The Morgan fingerprint density at radius 1 is 1.26 bits per heavy atom. The normalized spacial score (nSPS) is 10.4. The Balaban J connectivity index is 2.09. The second-order valence-corrected chi connectivity index (χ2v) is 5.45. The zero-order chi connectivity index (χ0) is 13.8. The largest absolute Gasteiger partial charge is 0.399 e. The van der Waals surface area contributed by atoms with E-state index in [9.17, 15) is 4.79 Å². The molecule has 1 amide bonds. The molecule has 2 aromatic rings. The van der Waals surface area contributed by atoms with Crippen LogP contribution in [0.4, 0.5) is 5.69 Å². The Kier molecular flexibility index (Phi) is 4.22. The number of anilines is 1. The van der Waals surface area contributed by atoms with Crippen LogP contribution in [-0.2, 0) is 13.0 Å². The fraction of sp³-hybridized carbons (Fsp3) is 0.267. The quantitative estimate of drug-likeness (QED) is 0.870. The average Bonchev–Trinajstić information content (AvgIpc) is 2.88. The topological polar surface area (TPSA) is 46.3 Å². The van der Waals surface area contributed by atoms with Crippen LogP contribution in [0, 0.1) is 0 Å². The van der Waals surface area contributed by atoms with Gasteiger partial charge in [0.25, 0.3) is 5.91 Å². The summed E-state index contributed by atoms with van der Waals surface area (Å²) in [5.74, 6) is 0.0867. The van der Waals surface area contributed by atoms with Gasteiger partial charge in [-0.3, -0.25) is 4.79 Å². The van der Waals surface area contributed by atoms with Gasteiger partial charge >= 0.3 is 0 Å². The minimum absolute atomic E-state index is 0.0867. The third-order valence-corrected chi connectivity index (χ3v) is 4.01. The molecule has 2 rings (SSSR count). The monoisotopic (exact) mass is 274 g/mol. The summed E-state index contributed by atoms with van der Waals surface area (Å²) in [4.78, 5) is 15.0. The lowest BCUT2D eigenvalue weighted by molar-refractivity contribution is 0.0789. The molecule has 4 heteroatoms. The van der Waals surface area contributed by atoms with Crippen molar-refractivity contribution < 1.29 is 4.79 Å². The third-order valence-electron chi connectivity index (χ3n) is 3.07. The molecule has 0 spiro atoms. The first-order valence-corrected chi connectivity index (χ1v) is 7.16. The van der Waals surface area contributed by atoms with Crippen LogP contribution in [0.1, 0.15) is 27.7 Å². The van der Waals surface area contributed by atoms with E-state index in [2.05, 4.69) is 6.92 Å². The number of hydrogen-bond acceptors (Lipinski definition) is 3. The van der Waals surface area contributed by atoms with Crippen LogP contribution in [0.2, 0.25) is 0 Å². The lowest BCUT2D eigenvalue weighted by Crippen LogP contribution is -2.26. The number of benzene rings is 1. The summed E-state index contributed by atoms with van der Waals surface area (Å²) in [6.45, 7) is 2.67. The van der Waals surface area contributed by atoms with Crippen LogP contribution in [0.15, 0.2) is 35.7 Å². The third kappa shape index (κ3) is 3.15. The fourth-order valence-corrected chi connectivity index (χ4v) is 2.93. The molecule has 0 aliphatic heterocycles. The van der Waals surface area contributed by atoms with Gasteiger partial charge in [-0.15, -0.1) is 11.3 Å². The molecule has 0 atom stereocenters. The van der Waals surface area contributed by atoms with Gasteiger partial charge in [-0.2, -0.15) is 0 Å². The number of hydrogen-bond donors (Lipinski definition) is 1. The highest BCUT2D eigenvalue weighted by atomic mass is 32.1. The molecule has 0 bridgehead atoms. The number of rotatable bonds is 4. The molecule has 0 fully saturated rings. The molecule has 1 aromatic heterocycles. The molecule has 0 saturated heterocycles. The van der Waals surface area contributed by atoms with Crippen molar-refractivity contribution in [2.45, 2.75) is 19.9 Å². The van der Waals surface area contributed by atoms with Crippen molar-refractivity contribution >= 4 is 22.9 Å². The maximum atomic E-state index is 12.4. The van der Waals surface area contributed by atoms with Crippen LogP contribution in [0.3, 0.4) is 0 Å². The second kappa shape index (κ2) is 5.89. The number of nitrogens with two attached hydrogens (primary N) is 1. The first kappa shape index (κ1) is 13.6. The summed E-state index contributed by atoms with van der Waals surface area (Å²) in [6, 6.07) is 9.64. The van der Waals surface area contributed by atoms with E-state index in [4.69, 9.17) is 5.73 Å². The summed E-state index contributed by atoms with van der Waals surface area (Å²) in [5.41, 5.74) is 8.60. The zero-order valence-electron chi connectivity index (χ0n) is 11.2. The van der Waals surface area contributed by atoms with E-state index in [1.165, 1.54) is 11.3 Å². The SMILES string of the molecule is CCc1ccsc1C(=O)N(C)Cc1ccc(N)cc1. The number of nitrogen functional groups attached to an aromatic ring is 1. The number of aryl methyl sites for hydroxylation is 1. The van der Waals surface area contributed by atoms with E-state index in [1.54, 1.807) is 4.90 Å². The van der Waals surface area contributed by atoms with Crippen molar-refractivity contribution in [3.05, 3.63) is 51.7 Å². The second-order valence-electron chi connectivity index (χ2n) is 4.53. The van der Waals surface area contributed by atoms with Gasteiger partial charge in [0, 0.05) is 19.3 Å². The molecule has 2 N–H and O–H groups in total. The average molecular weight is 274 g/mol. The molecule has 0 aliphatic rings. The van der Waals surface area contributed by atoms with Gasteiger partial charge in [0.05, 0.1) is 4.88 Å². The van der Waals surface area contributed by atoms with E-state index < -0.39 is 0 Å². The van der Waals surface area contributed by atoms with Crippen LogP contribution >= 0.6 is 11.3 Å². The summed E-state index contributed by atoms with van der Waals surface area (Å²) in [5, 5.41) is 1.98. The van der Waals surface area contributed by atoms with E-state index in [1.807, 2.05) is 42.8 Å². The lowest BCUT2D eigenvalue weighted by Gasteiger charge is -2.17. The predicted molar refractivity (Wildman–Crippen MR) is 80.3 cm³/mol. The Hall–Kier alpha value is -1.81. The van der Waals surface area contributed by atoms with Crippen molar-refractivity contribution in [1.29, 1.82) is 0 Å². The summed E-state index contributed by atoms with van der Waals surface area (Å²) >= 11 is 1.51. The molecule has 1 aromatic carbocycles. The molecular formula is C15H18N2OS. The molecular weight excluding hydrogens is 256 g/mol. The Bertz CT molecular complexity index is 560. The minimum Gasteiger partial charge on any atom is -0.399 e. The molecule has 0 aliphatic carbocycles. The number of carbonyl (C=O) groups excluding carboxylic acids is 1. The van der Waals surface area contributed by atoms with E-state index >= 15 is 0 Å². The summed E-state index contributed by atoms with van der Waals surface area (Å²) in [7, 11) is 1.83. The van der Waals surface area contributed by atoms with Crippen LogP contribution in [-0.4, -0.2) is 17.9 Å². The molecule has 100 valence electrons. The van der Waals surface area contributed by atoms with Gasteiger partial charge in [-0.1, -0.05) is 19.1 Å². The maximum absolute atomic E-state index is 12.4. The number of thiophene rings is 1. The van der Waals surface area contributed by atoms with Crippen LogP contribution in [0.25, 0.3) is 0 Å². The Morgan fingerprint density at radius 3 is 2.58 bits per heavy atom. The molecule has 19 heavy (non-hydrogen) atoms. The number of amides is 1. The van der Waals surface area contributed by atoms with E-state index in [0.717, 1.165) is 28.1 Å². The van der Waals surface area contributed by atoms with Crippen molar-refractivity contribution in [2.24, 2.45) is 0 Å². The van der Waals surface area contributed by atoms with Gasteiger partial charge in [0.1, 0.15) is 0 Å². The zero-order valence-corrected chi connectivity index (χ0v) is 12.0. The minimum atomic E-state index is 0.0867. The summed E-state index contributed by atoms with van der Waals surface area (Å²) < 4.78 is 0. The molecule has 0 radical (unpaired) electrons. The molecule has 3 nitrogen and oxygen atoms in total. The molecule has 0 unspecified atom stereocenters. The fourth-order valence-electron chi connectivity index (χ4n) is 1.94. The van der Waals surface area contributed by atoms with Crippen molar-refractivity contribution in [3.63, 3.8) is 0 Å². The smallest absolute Gasteiger partial charge is 0.264 e. The highest BCUT2D eigenvalue weighted by Crippen LogP contribution is 2.20. The van der Waals surface area contributed by atoms with Crippen LogP contribution < -0.4 is 5.73 Å². The first-order valence-electron chi connectivity index (χ1n) is 6.28. The van der Waals surface area contributed by atoms with E-state index in [-0.39, 0.29) is 5.91 Å². The van der Waals surface area contributed by atoms with Crippen molar-refractivity contribution in [3.8, 4) is 0 Å². The van der Waals surface area contributed by atoms with Crippen LogP contribution in [0.5, 0.6) is 0 Å². The Morgan fingerprint density at radius 2 is 1.95 bits per heavy atom. The van der Waals surface area contributed by atoms with Gasteiger partial charge in [0.15, 0.2) is 0 Å². The maximum Gasteiger partial charge on any atom is 0.264 e. The highest BCUT2D eigenvalue weighted by molar-refractivity contribution is 7.12. The van der Waals surface area contributed by atoms with Gasteiger partial charge in [0.2, 0.25) is 0 Å².